The second kappa shape index (κ2) is 8.50. The molecular formula is C12H24N2OS. The number of nitrogens with one attached hydrogen (secondary N) is 2. The lowest BCUT2D eigenvalue weighted by molar-refractivity contribution is -0.114. The molecule has 3 nitrogen and oxygen atoms in total. The highest BCUT2D eigenvalue weighted by molar-refractivity contribution is 7.82. The molecule has 0 aliphatic rings. The third kappa shape index (κ3) is 8.65. The van der Waals surface area contributed by atoms with Crippen molar-refractivity contribution in [3.05, 3.63) is 0 Å². The Morgan fingerprint density at radius 3 is 1.88 bits per heavy atom. The maximum absolute atomic E-state index is 11.5. The zero-order chi connectivity index (χ0) is 12.6. The van der Waals surface area contributed by atoms with E-state index in [1.54, 1.807) is 0 Å². The van der Waals surface area contributed by atoms with Crippen LogP contribution >= 0.6 is 12.2 Å². The molecule has 0 heterocycles. The predicted octanol–water partition coefficient (Wildman–Crippen LogP) is 2.11. The number of amides is 1. The summed E-state index contributed by atoms with van der Waals surface area (Å²) in [5.74, 6) is 1.07. The molecular weight excluding hydrogens is 220 g/mol. The van der Waals surface area contributed by atoms with Crippen LogP contribution in [-0.2, 0) is 4.79 Å². The first-order chi connectivity index (χ1) is 7.43. The van der Waals surface area contributed by atoms with Gasteiger partial charge in [0.15, 0.2) is 4.99 Å². The van der Waals surface area contributed by atoms with E-state index in [9.17, 15) is 4.79 Å². The highest BCUT2D eigenvalue weighted by atomic mass is 32.1. The molecule has 0 unspecified atom stereocenters. The summed E-state index contributed by atoms with van der Waals surface area (Å²) in [6, 6.07) is 0. The van der Waals surface area contributed by atoms with E-state index in [4.69, 9.17) is 12.2 Å². The Balaban J connectivity index is 3.62. The van der Waals surface area contributed by atoms with Gasteiger partial charge in [-0.05, 0) is 24.7 Å². The predicted molar refractivity (Wildman–Crippen MR) is 72.5 cm³/mol. The quantitative estimate of drug-likeness (QED) is 0.703. The largest absolute Gasteiger partial charge is 0.372 e. The summed E-state index contributed by atoms with van der Waals surface area (Å²) in [5.41, 5.74) is 0. The fourth-order valence-corrected chi connectivity index (χ4v) is 1.28. The maximum Gasteiger partial charge on any atom is 0.278 e. The van der Waals surface area contributed by atoms with Gasteiger partial charge >= 0.3 is 0 Å². The summed E-state index contributed by atoms with van der Waals surface area (Å²) in [4.78, 5) is 11.8. The Kier molecular flexibility index (Phi) is 8.16. The zero-order valence-electron chi connectivity index (χ0n) is 10.8. The van der Waals surface area contributed by atoms with Gasteiger partial charge in [0.05, 0.1) is 0 Å². The Morgan fingerprint density at radius 1 is 1.00 bits per heavy atom. The topological polar surface area (TPSA) is 41.1 Å². The average molecular weight is 244 g/mol. The lowest BCUT2D eigenvalue weighted by Crippen LogP contribution is -2.39. The maximum atomic E-state index is 11.5. The van der Waals surface area contributed by atoms with Crippen LogP contribution in [0.5, 0.6) is 0 Å². The van der Waals surface area contributed by atoms with Crippen molar-refractivity contribution in [1.82, 2.24) is 10.6 Å². The normalized spacial score (nSPS) is 10.6. The third-order valence-corrected chi connectivity index (χ3v) is 2.55. The van der Waals surface area contributed by atoms with Gasteiger partial charge in [-0.2, -0.15) is 0 Å². The van der Waals surface area contributed by atoms with Crippen molar-refractivity contribution in [2.45, 2.75) is 40.5 Å². The minimum atomic E-state index is -0.153. The van der Waals surface area contributed by atoms with Crippen molar-refractivity contribution in [3.63, 3.8) is 0 Å². The highest BCUT2D eigenvalue weighted by Crippen LogP contribution is 1.97. The Bertz CT molecular complexity index is 203. The molecule has 0 aliphatic carbocycles. The van der Waals surface area contributed by atoms with E-state index in [1.807, 2.05) is 0 Å². The van der Waals surface area contributed by atoms with Gasteiger partial charge in [-0.25, -0.2) is 0 Å². The van der Waals surface area contributed by atoms with Crippen LogP contribution in [0.4, 0.5) is 0 Å². The SMILES string of the molecule is CC(C)CCNC(=O)C(=S)NCCC(C)C. The second-order valence-corrected chi connectivity index (χ2v) is 5.29. The monoisotopic (exact) mass is 244 g/mol. The molecule has 0 saturated heterocycles. The minimum absolute atomic E-state index is 0.153. The summed E-state index contributed by atoms with van der Waals surface area (Å²) in [6.07, 6.45) is 2.01. The van der Waals surface area contributed by atoms with Crippen molar-refractivity contribution < 1.29 is 4.79 Å². The molecule has 0 spiro atoms. The molecule has 0 aromatic carbocycles. The van der Waals surface area contributed by atoms with E-state index in [1.165, 1.54) is 0 Å². The lowest BCUT2D eigenvalue weighted by Gasteiger charge is -2.10. The van der Waals surface area contributed by atoms with Crippen LogP contribution in [0.1, 0.15) is 40.5 Å². The van der Waals surface area contributed by atoms with Gasteiger partial charge in [-0.15, -0.1) is 0 Å². The molecule has 16 heavy (non-hydrogen) atoms. The third-order valence-electron chi connectivity index (χ3n) is 2.22. The van der Waals surface area contributed by atoms with Crippen LogP contribution < -0.4 is 10.6 Å². The van der Waals surface area contributed by atoms with E-state index in [-0.39, 0.29) is 5.91 Å². The van der Waals surface area contributed by atoms with E-state index < -0.39 is 0 Å². The highest BCUT2D eigenvalue weighted by Gasteiger charge is 2.07. The molecule has 4 heteroatoms. The molecule has 0 fully saturated rings. The molecule has 1 amide bonds. The molecule has 94 valence electrons. The molecule has 0 atom stereocenters. The van der Waals surface area contributed by atoms with Crippen molar-refractivity contribution >= 4 is 23.1 Å². The van der Waals surface area contributed by atoms with Gasteiger partial charge in [0, 0.05) is 13.1 Å². The fourth-order valence-electron chi connectivity index (χ4n) is 1.11. The van der Waals surface area contributed by atoms with Gasteiger partial charge in [-0.1, -0.05) is 39.9 Å². The van der Waals surface area contributed by atoms with Crippen LogP contribution in [0.25, 0.3) is 0 Å². The summed E-state index contributed by atoms with van der Waals surface area (Å²) in [7, 11) is 0. The number of carbonyl (C=O) groups is 1. The molecule has 0 radical (unpaired) electrons. The van der Waals surface area contributed by atoms with Crippen LogP contribution in [0.15, 0.2) is 0 Å². The van der Waals surface area contributed by atoms with E-state index in [0.29, 0.717) is 23.4 Å². The van der Waals surface area contributed by atoms with Crippen LogP contribution in [0, 0.1) is 11.8 Å². The molecule has 0 rings (SSSR count). The Hall–Kier alpha value is -0.640. The van der Waals surface area contributed by atoms with Crippen LogP contribution in [-0.4, -0.2) is 24.0 Å². The lowest BCUT2D eigenvalue weighted by atomic mass is 10.1. The van der Waals surface area contributed by atoms with Gasteiger partial charge in [0.25, 0.3) is 5.91 Å². The van der Waals surface area contributed by atoms with Crippen LogP contribution in [0.2, 0.25) is 0 Å². The first-order valence-electron chi connectivity index (χ1n) is 5.99. The molecule has 0 aromatic heterocycles. The first-order valence-corrected chi connectivity index (χ1v) is 6.40. The summed E-state index contributed by atoms with van der Waals surface area (Å²) in [5, 5.41) is 5.78. The van der Waals surface area contributed by atoms with E-state index in [0.717, 1.165) is 19.4 Å². The van der Waals surface area contributed by atoms with Crippen molar-refractivity contribution in [2.24, 2.45) is 11.8 Å². The zero-order valence-corrected chi connectivity index (χ0v) is 11.6. The van der Waals surface area contributed by atoms with E-state index in [2.05, 4.69) is 38.3 Å². The molecule has 0 saturated carbocycles. The molecule has 0 aromatic rings. The number of hydrogen-bond donors (Lipinski definition) is 2. The average Bonchev–Trinajstić information content (AvgIpc) is 2.16. The fraction of sp³-hybridized carbons (Fsp3) is 0.833. The number of thiocarbonyl (C=S) groups is 1. The summed E-state index contributed by atoms with van der Waals surface area (Å²) >= 11 is 4.98. The van der Waals surface area contributed by atoms with Gasteiger partial charge in [0.2, 0.25) is 0 Å². The van der Waals surface area contributed by atoms with Crippen molar-refractivity contribution in [2.75, 3.05) is 13.1 Å². The van der Waals surface area contributed by atoms with E-state index >= 15 is 0 Å². The molecule has 0 aliphatic heterocycles. The standard InChI is InChI=1S/C12H24N2OS/c1-9(2)5-7-13-11(15)12(16)14-8-6-10(3)4/h9-10H,5-8H2,1-4H3,(H,13,15)(H,14,16). The van der Waals surface area contributed by atoms with Gasteiger partial charge < -0.3 is 10.6 Å². The van der Waals surface area contributed by atoms with Gasteiger partial charge in [0.1, 0.15) is 0 Å². The van der Waals surface area contributed by atoms with Crippen LogP contribution in [0.3, 0.4) is 0 Å². The smallest absolute Gasteiger partial charge is 0.278 e. The molecule has 2 N–H and O–H groups in total. The molecule has 0 bridgehead atoms. The first kappa shape index (κ1) is 15.4. The van der Waals surface area contributed by atoms with Crippen molar-refractivity contribution in [3.8, 4) is 0 Å². The summed E-state index contributed by atoms with van der Waals surface area (Å²) in [6.45, 7) is 10.0. The number of rotatable bonds is 6. The number of hydrogen-bond acceptors (Lipinski definition) is 2. The minimum Gasteiger partial charge on any atom is -0.372 e. The Morgan fingerprint density at radius 2 is 1.44 bits per heavy atom. The van der Waals surface area contributed by atoms with Crippen molar-refractivity contribution in [1.29, 1.82) is 0 Å². The second-order valence-electron chi connectivity index (χ2n) is 4.88. The Labute approximate surface area is 104 Å². The number of carbonyl (C=O) groups excluding carboxylic acids is 1. The summed E-state index contributed by atoms with van der Waals surface area (Å²) < 4.78 is 0. The van der Waals surface area contributed by atoms with Gasteiger partial charge in [-0.3, -0.25) is 4.79 Å².